The van der Waals surface area contributed by atoms with Crippen LogP contribution in [-0.2, 0) is 10.0 Å². The average molecular weight is 384 g/mol. The Morgan fingerprint density at radius 2 is 1.92 bits per heavy atom. The SMILES string of the molecule is CC(C)CN1C(C)CCC2CC(N=N)C(NS(=O)(=O)C(F)(F)F)CC21. The van der Waals surface area contributed by atoms with Gasteiger partial charge in [-0.1, -0.05) is 13.8 Å². The Bertz CT molecular complexity index is 582. The summed E-state index contributed by atoms with van der Waals surface area (Å²) in [7, 11) is -5.44. The van der Waals surface area contributed by atoms with Crippen LogP contribution in [0, 0.1) is 17.4 Å². The maximum atomic E-state index is 12.7. The van der Waals surface area contributed by atoms with Crippen LogP contribution in [0.4, 0.5) is 13.2 Å². The Balaban J connectivity index is 2.22. The Hall–Kier alpha value is -0.740. The first kappa shape index (κ1) is 20.6. The van der Waals surface area contributed by atoms with E-state index in [2.05, 4.69) is 30.8 Å². The zero-order valence-corrected chi connectivity index (χ0v) is 15.6. The van der Waals surface area contributed by atoms with Crippen LogP contribution in [0.3, 0.4) is 0 Å². The zero-order chi connectivity index (χ0) is 19.0. The number of nitrogens with one attached hydrogen (secondary N) is 2. The molecule has 1 aliphatic heterocycles. The molecular weight excluding hydrogens is 357 g/mol. The molecule has 2 N–H and O–H groups in total. The summed E-state index contributed by atoms with van der Waals surface area (Å²) >= 11 is 0. The van der Waals surface area contributed by atoms with Crippen LogP contribution in [0.2, 0.25) is 0 Å². The Labute approximate surface area is 147 Å². The van der Waals surface area contributed by atoms with Gasteiger partial charge >= 0.3 is 15.5 Å². The van der Waals surface area contributed by atoms with E-state index in [0.717, 1.165) is 19.4 Å². The van der Waals surface area contributed by atoms with Crippen molar-refractivity contribution < 1.29 is 21.6 Å². The molecule has 2 fully saturated rings. The molecule has 1 saturated carbocycles. The van der Waals surface area contributed by atoms with E-state index in [4.69, 9.17) is 5.53 Å². The zero-order valence-electron chi connectivity index (χ0n) is 14.8. The fourth-order valence-electron chi connectivity index (χ4n) is 4.18. The molecule has 5 unspecified atom stereocenters. The molecule has 5 atom stereocenters. The number of sulfonamides is 1. The van der Waals surface area contributed by atoms with Crippen LogP contribution in [0.25, 0.3) is 0 Å². The fraction of sp³-hybridized carbons (Fsp3) is 1.00. The molecule has 0 aromatic heterocycles. The van der Waals surface area contributed by atoms with Gasteiger partial charge in [0.15, 0.2) is 0 Å². The van der Waals surface area contributed by atoms with E-state index in [1.54, 1.807) is 4.72 Å². The normalized spacial score (nSPS) is 34.8. The van der Waals surface area contributed by atoms with Crippen LogP contribution in [-0.4, -0.2) is 49.5 Å². The van der Waals surface area contributed by atoms with Crippen molar-refractivity contribution in [1.29, 1.82) is 5.53 Å². The highest BCUT2D eigenvalue weighted by atomic mass is 32.2. The lowest BCUT2D eigenvalue weighted by Gasteiger charge is -2.51. The van der Waals surface area contributed by atoms with Crippen molar-refractivity contribution in [1.82, 2.24) is 9.62 Å². The van der Waals surface area contributed by atoms with Gasteiger partial charge in [-0.15, -0.1) is 0 Å². The number of alkyl halides is 3. The minimum absolute atomic E-state index is 0.0186. The minimum Gasteiger partial charge on any atom is -0.297 e. The van der Waals surface area contributed by atoms with Crippen molar-refractivity contribution in [3.05, 3.63) is 0 Å². The Kier molecular flexibility index (Phi) is 6.15. The van der Waals surface area contributed by atoms with Crippen molar-refractivity contribution in [3.63, 3.8) is 0 Å². The molecule has 1 aliphatic carbocycles. The van der Waals surface area contributed by atoms with Crippen LogP contribution < -0.4 is 4.72 Å². The van der Waals surface area contributed by atoms with E-state index in [1.165, 1.54) is 0 Å². The van der Waals surface area contributed by atoms with Crippen molar-refractivity contribution in [3.8, 4) is 0 Å². The third kappa shape index (κ3) is 4.51. The summed E-state index contributed by atoms with van der Waals surface area (Å²) in [5.74, 6) is 0.644. The molecule has 2 rings (SSSR count). The molecular formula is C15H27F3N4O2S. The second-order valence-electron chi connectivity index (χ2n) is 7.69. The van der Waals surface area contributed by atoms with Gasteiger partial charge in [0.25, 0.3) is 0 Å². The summed E-state index contributed by atoms with van der Waals surface area (Å²) in [6, 6.07) is -1.41. The fourth-order valence-corrected chi connectivity index (χ4v) is 4.96. The monoisotopic (exact) mass is 384 g/mol. The molecule has 0 bridgehead atoms. The quantitative estimate of drug-likeness (QED) is 0.714. The predicted molar refractivity (Wildman–Crippen MR) is 87.6 cm³/mol. The highest BCUT2D eigenvalue weighted by Gasteiger charge is 2.50. The lowest BCUT2D eigenvalue weighted by atomic mass is 9.72. The summed E-state index contributed by atoms with van der Waals surface area (Å²) in [6.45, 7) is 7.11. The summed E-state index contributed by atoms with van der Waals surface area (Å²) < 4.78 is 63.0. The molecule has 1 heterocycles. The molecule has 0 spiro atoms. The first-order chi connectivity index (χ1) is 11.5. The Morgan fingerprint density at radius 3 is 2.44 bits per heavy atom. The summed E-state index contributed by atoms with van der Waals surface area (Å²) in [5.41, 5.74) is 1.94. The van der Waals surface area contributed by atoms with Gasteiger partial charge in [-0.25, -0.2) is 18.7 Å². The van der Waals surface area contributed by atoms with E-state index >= 15 is 0 Å². The topological polar surface area (TPSA) is 85.6 Å². The van der Waals surface area contributed by atoms with E-state index in [9.17, 15) is 21.6 Å². The molecule has 0 aromatic carbocycles. The third-order valence-electron chi connectivity index (χ3n) is 5.35. The van der Waals surface area contributed by atoms with Crippen LogP contribution >= 0.6 is 0 Å². The number of hydrogen-bond donors (Lipinski definition) is 2. The van der Waals surface area contributed by atoms with Gasteiger partial charge in [0.2, 0.25) is 0 Å². The van der Waals surface area contributed by atoms with Gasteiger partial charge in [-0.3, -0.25) is 4.90 Å². The second-order valence-corrected chi connectivity index (χ2v) is 9.39. The molecule has 0 radical (unpaired) electrons. The summed E-state index contributed by atoms with van der Waals surface area (Å²) in [5, 5.41) is 3.43. The van der Waals surface area contributed by atoms with E-state index in [0.29, 0.717) is 18.4 Å². The summed E-state index contributed by atoms with van der Waals surface area (Å²) in [4.78, 5) is 2.30. The Morgan fingerprint density at radius 1 is 1.28 bits per heavy atom. The predicted octanol–water partition coefficient (Wildman–Crippen LogP) is 3.11. The van der Waals surface area contributed by atoms with Crippen molar-refractivity contribution in [2.24, 2.45) is 17.0 Å². The van der Waals surface area contributed by atoms with Gasteiger partial charge in [0, 0.05) is 24.7 Å². The van der Waals surface area contributed by atoms with Crippen molar-refractivity contribution in [2.45, 2.75) is 76.1 Å². The van der Waals surface area contributed by atoms with Crippen molar-refractivity contribution >= 4 is 10.0 Å². The largest absolute Gasteiger partial charge is 0.511 e. The molecule has 25 heavy (non-hydrogen) atoms. The molecule has 6 nitrogen and oxygen atoms in total. The highest BCUT2D eigenvalue weighted by Crippen LogP contribution is 2.40. The first-order valence-electron chi connectivity index (χ1n) is 8.67. The molecule has 146 valence electrons. The van der Waals surface area contributed by atoms with Crippen LogP contribution in [0.5, 0.6) is 0 Å². The minimum atomic E-state index is -5.44. The van der Waals surface area contributed by atoms with Gasteiger partial charge in [-0.05, 0) is 44.4 Å². The van der Waals surface area contributed by atoms with E-state index in [1.807, 2.05) is 0 Å². The first-order valence-corrected chi connectivity index (χ1v) is 10.2. The van der Waals surface area contributed by atoms with Gasteiger partial charge < -0.3 is 0 Å². The maximum Gasteiger partial charge on any atom is 0.511 e. The lowest BCUT2D eigenvalue weighted by Crippen LogP contribution is -2.60. The average Bonchev–Trinajstić information content (AvgIpc) is 2.48. The number of hydrogen-bond acceptors (Lipinski definition) is 5. The second kappa shape index (κ2) is 7.48. The number of fused-ring (bicyclic) bond motifs is 1. The number of piperidine rings is 1. The maximum absolute atomic E-state index is 12.7. The van der Waals surface area contributed by atoms with Crippen LogP contribution in [0.15, 0.2) is 5.11 Å². The van der Waals surface area contributed by atoms with Crippen LogP contribution in [0.1, 0.15) is 46.5 Å². The molecule has 1 saturated heterocycles. The standard InChI is InChI=1S/C15H27F3N4O2S/c1-9(2)8-22-10(3)4-5-11-6-12(20-19)13(7-14(11)22)21-25(23,24)15(16,17)18/h9-14,19,21H,4-8H2,1-3H3. The van der Waals surface area contributed by atoms with E-state index < -0.39 is 27.6 Å². The third-order valence-corrected chi connectivity index (χ3v) is 6.57. The molecule has 10 heteroatoms. The van der Waals surface area contributed by atoms with Gasteiger partial charge in [0.1, 0.15) is 0 Å². The number of nitrogens with zero attached hydrogens (tertiary/aromatic N) is 2. The molecule has 2 aliphatic rings. The van der Waals surface area contributed by atoms with Gasteiger partial charge in [-0.2, -0.15) is 18.3 Å². The summed E-state index contributed by atoms with van der Waals surface area (Å²) in [6.07, 6.45) is 2.63. The molecule has 0 amide bonds. The number of halogens is 3. The number of rotatable bonds is 5. The smallest absolute Gasteiger partial charge is 0.297 e. The number of likely N-dealkylation sites (tertiary alicyclic amines) is 1. The highest BCUT2D eigenvalue weighted by molar-refractivity contribution is 7.90. The van der Waals surface area contributed by atoms with Gasteiger partial charge in [0.05, 0.1) is 6.04 Å². The molecule has 0 aromatic rings. The van der Waals surface area contributed by atoms with E-state index in [-0.39, 0.29) is 18.4 Å². The van der Waals surface area contributed by atoms with Crippen molar-refractivity contribution in [2.75, 3.05) is 6.54 Å². The lowest BCUT2D eigenvalue weighted by molar-refractivity contribution is -0.0462.